The van der Waals surface area contributed by atoms with E-state index in [1.807, 2.05) is 24.3 Å². The number of hydrogen-bond acceptors (Lipinski definition) is 4. The van der Waals surface area contributed by atoms with E-state index in [1.54, 1.807) is 19.2 Å². The van der Waals surface area contributed by atoms with E-state index in [4.69, 9.17) is 15.2 Å². The van der Waals surface area contributed by atoms with Crippen molar-refractivity contribution in [1.82, 2.24) is 5.32 Å². The lowest BCUT2D eigenvalue weighted by Crippen LogP contribution is -2.33. The molecule has 3 N–H and O–H groups in total. The second-order valence-electron chi connectivity index (χ2n) is 5.91. The lowest BCUT2D eigenvalue weighted by atomic mass is 10.1. The molecule has 0 aliphatic rings. The summed E-state index contributed by atoms with van der Waals surface area (Å²) in [7, 11) is 3.03. The first-order valence-corrected chi connectivity index (χ1v) is 8.80. The van der Waals surface area contributed by atoms with Crippen LogP contribution in [0.15, 0.2) is 47.5 Å². The number of nitrogens with one attached hydrogen (secondary N) is 1. The Balaban J connectivity index is 1.79. The van der Waals surface area contributed by atoms with Crippen LogP contribution in [0, 0.1) is 0 Å². The van der Waals surface area contributed by atoms with E-state index in [9.17, 15) is 8.78 Å². The topological polar surface area (TPSA) is 78.1 Å². The maximum atomic E-state index is 12.5. The Morgan fingerprint density at radius 1 is 1.00 bits per heavy atom. The summed E-state index contributed by atoms with van der Waals surface area (Å²) in [6.07, 6.45) is 1.33. The zero-order valence-electron chi connectivity index (χ0n) is 16.0. The van der Waals surface area contributed by atoms with E-state index in [0.29, 0.717) is 25.5 Å². The molecule has 152 valence electrons. The molecule has 0 unspecified atom stereocenters. The summed E-state index contributed by atoms with van der Waals surface area (Å²) in [6, 6.07) is 12.7. The number of ether oxygens (including phenoxy) is 3. The first-order chi connectivity index (χ1) is 13.5. The van der Waals surface area contributed by atoms with Gasteiger partial charge in [0.1, 0.15) is 5.75 Å². The Morgan fingerprint density at radius 2 is 1.71 bits per heavy atom. The first kappa shape index (κ1) is 21.3. The van der Waals surface area contributed by atoms with Crippen LogP contribution in [-0.2, 0) is 12.8 Å². The van der Waals surface area contributed by atoms with Crippen molar-refractivity contribution in [2.75, 3.05) is 27.3 Å². The molecule has 2 rings (SSSR count). The Bertz CT molecular complexity index is 768. The van der Waals surface area contributed by atoms with Gasteiger partial charge in [-0.25, -0.2) is 0 Å². The molecule has 0 aliphatic carbocycles. The van der Waals surface area contributed by atoms with Gasteiger partial charge in [-0.05, 0) is 48.2 Å². The summed E-state index contributed by atoms with van der Waals surface area (Å²) in [6.45, 7) is -1.84. The third kappa shape index (κ3) is 6.94. The summed E-state index contributed by atoms with van der Waals surface area (Å²) < 4.78 is 39.6. The van der Waals surface area contributed by atoms with E-state index < -0.39 is 6.61 Å². The molecule has 0 fully saturated rings. The normalized spacial score (nSPS) is 11.4. The van der Waals surface area contributed by atoms with Crippen molar-refractivity contribution < 1.29 is 23.0 Å². The number of nitrogens with zero attached hydrogens (tertiary/aromatic N) is 1. The van der Waals surface area contributed by atoms with Gasteiger partial charge in [0.15, 0.2) is 17.5 Å². The minimum atomic E-state index is -2.91. The van der Waals surface area contributed by atoms with Gasteiger partial charge in [-0.1, -0.05) is 18.2 Å². The highest BCUT2D eigenvalue weighted by atomic mass is 19.3. The lowest BCUT2D eigenvalue weighted by Gasteiger charge is -2.12. The van der Waals surface area contributed by atoms with Crippen molar-refractivity contribution in [3.8, 4) is 17.2 Å². The predicted molar refractivity (Wildman–Crippen MR) is 105 cm³/mol. The third-order valence-electron chi connectivity index (χ3n) is 4.01. The molecule has 28 heavy (non-hydrogen) atoms. The van der Waals surface area contributed by atoms with Crippen LogP contribution in [-0.4, -0.2) is 39.9 Å². The summed E-state index contributed by atoms with van der Waals surface area (Å²) in [5, 5.41) is 3.01. The molecule has 0 spiro atoms. The standard InChI is InChI=1S/C20H25F2N3O3/c1-26-16-6-3-14(4-7-16)9-11-24-20(23)25-12-10-15-5-8-17(27-2)18(13-15)28-19(21)22/h3-8,13,19H,9-12H2,1-2H3,(H3,23,24,25). The second-order valence-corrected chi connectivity index (χ2v) is 5.91. The van der Waals surface area contributed by atoms with E-state index in [-0.39, 0.29) is 11.5 Å². The van der Waals surface area contributed by atoms with Crippen LogP contribution >= 0.6 is 0 Å². The predicted octanol–water partition coefficient (Wildman–Crippen LogP) is 2.99. The number of guanidine groups is 1. The van der Waals surface area contributed by atoms with E-state index >= 15 is 0 Å². The van der Waals surface area contributed by atoms with Gasteiger partial charge < -0.3 is 25.3 Å². The SMILES string of the molecule is COc1ccc(CCN=C(N)NCCc2ccc(OC)c(OC(F)F)c2)cc1. The monoisotopic (exact) mass is 393 g/mol. The molecule has 0 saturated heterocycles. The molecule has 0 bridgehead atoms. The van der Waals surface area contributed by atoms with Crippen molar-refractivity contribution in [3.05, 3.63) is 53.6 Å². The number of rotatable bonds is 10. The minimum absolute atomic E-state index is 0.0103. The molecule has 0 amide bonds. The molecule has 0 radical (unpaired) electrons. The van der Waals surface area contributed by atoms with Crippen LogP contribution in [0.5, 0.6) is 17.2 Å². The number of halogens is 2. The molecule has 2 aromatic carbocycles. The zero-order chi connectivity index (χ0) is 20.4. The highest BCUT2D eigenvalue weighted by molar-refractivity contribution is 5.77. The van der Waals surface area contributed by atoms with Crippen molar-refractivity contribution in [2.45, 2.75) is 19.5 Å². The van der Waals surface area contributed by atoms with Crippen molar-refractivity contribution in [2.24, 2.45) is 10.7 Å². The lowest BCUT2D eigenvalue weighted by molar-refractivity contribution is -0.0512. The van der Waals surface area contributed by atoms with Crippen molar-refractivity contribution in [1.29, 1.82) is 0 Å². The van der Waals surface area contributed by atoms with Gasteiger partial charge in [-0.2, -0.15) is 8.78 Å². The Labute approximate surface area is 163 Å². The molecule has 0 heterocycles. The van der Waals surface area contributed by atoms with Crippen LogP contribution in [0.1, 0.15) is 11.1 Å². The Kier molecular flexibility index (Phi) is 8.33. The fraction of sp³-hybridized carbons (Fsp3) is 0.350. The maximum absolute atomic E-state index is 12.5. The van der Waals surface area contributed by atoms with Crippen LogP contribution < -0.4 is 25.3 Å². The van der Waals surface area contributed by atoms with Gasteiger partial charge >= 0.3 is 6.61 Å². The van der Waals surface area contributed by atoms with Gasteiger partial charge in [-0.3, -0.25) is 4.99 Å². The van der Waals surface area contributed by atoms with Gasteiger partial charge in [-0.15, -0.1) is 0 Å². The quantitative estimate of drug-likeness (QED) is 0.479. The molecule has 0 aromatic heterocycles. The summed E-state index contributed by atoms with van der Waals surface area (Å²) in [4.78, 5) is 4.29. The molecule has 0 atom stereocenters. The number of hydrogen-bond donors (Lipinski definition) is 2. The Morgan fingerprint density at radius 3 is 2.36 bits per heavy atom. The second kappa shape index (κ2) is 11.0. The van der Waals surface area contributed by atoms with E-state index in [1.165, 1.54) is 13.2 Å². The van der Waals surface area contributed by atoms with Crippen LogP contribution in [0.4, 0.5) is 8.78 Å². The first-order valence-electron chi connectivity index (χ1n) is 8.80. The fourth-order valence-electron chi connectivity index (χ4n) is 2.55. The summed E-state index contributed by atoms with van der Waals surface area (Å²) >= 11 is 0. The molecule has 0 saturated carbocycles. The van der Waals surface area contributed by atoms with E-state index in [2.05, 4.69) is 15.0 Å². The highest BCUT2D eigenvalue weighted by Gasteiger charge is 2.11. The fourth-order valence-corrected chi connectivity index (χ4v) is 2.55. The minimum Gasteiger partial charge on any atom is -0.497 e. The summed E-state index contributed by atoms with van der Waals surface area (Å²) in [5.41, 5.74) is 7.82. The summed E-state index contributed by atoms with van der Waals surface area (Å²) in [5.74, 6) is 1.42. The smallest absolute Gasteiger partial charge is 0.387 e. The number of benzene rings is 2. The van der Waals surface area contributed by atoms with Gasteiger partial charge in [0.05, 0.1) is 14.2 Å². The molecule has 6 nitrogen and oxygen atoms in total. The van der Waals surface area contributed by atoms with E-state index in [0.717, 1.165) is 23.3 Å². The van der Waals surface area contributed by atoms with Gasteiger partial charge in [0, 0.05) is 13.1 Å². The number of nitrogens with two attached hydrogens (primary N) is 1. The van der Waals surface area contributed by atoms with Crippen molar-refractivity contribution >= 4 is 5.96 Å². The maximum Gasteiger partial charge on any atom is 0.387 e. The zero-order valence-corrected chi connectivity index (χ0v) is 16.0. The molecule has 0 aliphatic heterocycles. The van der Waals surface area contributed by atoms with Gasteiger partial charge in [0.2, 0.25) is 0 Å². The highest BCUT2D eigenvalue weighted by Crippen LogP contribution is 2.29. The molecule has 8 heteroatoms. The van der Waals surface area contributed by atoms with Crippen LogP contribution in [0.2, 0.25) is 0 Å². The van der Waals surface area contributed by atoms with Crippen LogP contribution in [0.3, 0.4) is 0 Å². The van der Waals surface area contributed by atoms with Crippen molar-refractivity contribution in [3.63, 3.8) is 0 Å². The van der Waals surface area contributed by atoms with Crippen LogP contribution in [0.25, 0.3) is 0 Å². The average molecular weight is 393 g/mol. The number of methoxy groups -OCH3 is 2. The molecular formula is C20H25F2N3O3. The molecular weight excluding hydrogens is 368 g/mol. The Hall–Kier alpha value is -3.03. The molecule has 2 aromatic rings. The number of aliphatic imine (C=N–C) groups is 1. The number of alkyl halides is 2. The average Bonchev–Trinajstić information content (AvgIpc) is 2.68. The third-order valence-corrected chi connectivity index (χ3v) is 4.01. The van der Waals surface area contributed by atoms with Gasteiger partial charge in [0.25, 0.3) is 0 Å². The largest absolute Gasteiger partial charge is 0.497 e.